The molecule has 1 atom stereocenters. The Labute approximate surface area is 136 Å². The molecule has 1 amide bonds. The molecule has 0 aliphatic heterocycles. The molecule has 1 aliphatic carbocycles. The van der Waals surface area contributed by atoms with Crippen LogP contribution >= 0.6 is 0 Å². The molecule has 1 aromatic carbocycles. The van der Waals surface area contributed by atoms with E-state index in [1.54, 1.807) is 25.3 Å². The van der Waals surface area contributed by atoms with Crippen LogP contribution in [0.5, 0.6) is 0 Å². The molecule has 1 aromatic heterocycles. The molecular formula is C19H22N2O2. The Balaban J connectivity index is 1.62. The number of hydrogen-bond acceptors (Lipinski definition) is 2. The zero-order valence-electron chi connectivity index (χ0n) is 13.4. The Hall–Kier alpha value is -2.36. The van der Waals surface area contributed by atoms with Gasteiger partial charge in [0.05, 0.1) is 0 Å². The highest BCUT2D eigenvalue weighted by Gasteiger charge is 2.20. The lowest BCUT2D eigenvalue weighted by Crippen LogP contribution is -2.35. The number of hydrogen-bond donors (Lipinski definition) is 1. The van der Waals surface area contributed by atoms with Gasteiger partial charge in [0.1, 0.15) is 6.54 Å². The zero-order valence-corrected chi connectivity index (χ0v) is 13.4. The van der Waals surface area contributed by atoms with Crippen molar-refractivity contribution in [3.8, 4) is 0 Å². The van der Waals surface area contributed by atoms with Gasteiger partial charge in [-0.2, -0.15) is 0 Å². The van der Waals surface area contributed by atoms with Gasteiger partial charge in [-0.15, -0.1) is 0 Å². The first-order valence-electron chi connectivity index (χ1n) is 8.15. The molecule has 4 nitrogen and oxygen atoms in total. The maximum absolute atomic E-state index is 12.2. The number of benzene rings is 1. The van der Waals surface area contributed by atoms with E-state index in [-0.39, 0.29) is 18.0 Å². The van der Waals surface area contributed by atoms with Gasteiger partial charge in [-0.25, -0.2) is 0 Å². The maximum Gasteiger partial charge on any atom is 0.253 e. The summed E-state index contributed by atoms with van der Waals surface area (Å²) >= 11 is 0. The second-order valence-corrected chi connectivity index (χ2v) is 6.22. The van der Waals surface area contributed by atoms with Gasteiger partial charge in [0, 0.05) is 24.2 Å². The summed E-state index contributed by atoms with van der Waals surface area (Å²) < 4.78 is 1.46. The fourth-order valence-electron chi connectivity index (χ4n) is 3.30. The quantitative estimate of drug-likeness (QED) is 0.943. The average Bonchev–Trinajstić information content (AvgIpc) is 2.57. The van der Waals surface area contributed by atoms with E-state index in [1.807, 2.05) is 0 Å². The molecule has 2 aromatic rings. The van der Waals surface area contributed by atoms with E-state index >= 15 is 0 Å². The summed E-state index contributed by atoms with van der Waals surface area (Å²) in [6, 6.07) is 12.0. The summed E-state index contributed by atoms with van der Waals surface area (Å²) in [6.45, 7) is 2.47. The van der Waals surface area contributed by atoms with Crippen molar-refractivity contribution in [2.75, 3.05) is 6.54 Å². The molecular weight excluding hydrogens is 288 g/mol. The smallest absolute Gasteiger partial charge is 0.253 e. The second-order valence-electron chi connectivity index (χ2n) is 6.22. The van der Waals surface area contributed by atoms with Gasteiger partial charge in [0.15, 0.2) is 0 Å². The number of aromatic nitrogens is 1. The van der Waals surface area contributed by atoms with Crippen LogP contribution in [0.4, 0.5) is 0 Å². The van der Waals surface area contributed by atoms with E-state index in [2.05, 4.69) is 29.6 Å². The second kappa shape index (κ2) is 6.82. The Kier molecular flexibility index (Phi) is 4.60. The molecule has 3 rings (SSSR count). The van der Waals surface area contributed by atoms with Crippen LogP contribution in [0, 0.1) is 6.92 Å². The van der Waals surface area contributed by atoms with Crippen molar-refractivity contribution < 1.29 is 4.79 Å². The molecule has 1 N–H and O–H groups in total. The van der Waals surface area contributed by atoms with Crippen LogP contribution in [0.2, 0.25) is 0 Å². The molecule has 0 unspecified atom stereocenters. The van der Waals surface area contributed by atoms with Crippen molar-refractivity contribution in [1.29, 1.82) is 0 Å². The molecule has 120 valence electrons. The number of rotatable bonds is 4. The number of nitrogens with zero attached hydrogens (tertiary/aromatic N) is 1. The first-order chi connectivity index (χ1) is 11.1. The summed E-state index contributed by atoms with van der Waals surface area (Å²) in [7, 11) is 0. The normalized spacial score (nSPS) is 16.7. The monoisotopic (exact) mass is 310 g/mol. The first kappa shape index (κ1) is 15.5. The van der Waals surface area contributed by atoms with Crippen LogP contribution in [0.15, 0.2) is 47.4 Å². The predicted octanol–water partition coefficient (Wildman–Crippen LogP) is 2.39. The number of carbonyl (C=O) groups excluding carboxylic acids is 1. The average molecular weight is 310 g/mol. The number of fused-ring (bicyclic) bond motifs is 1. The molecule has 0 saturated heterocycles. The predicted molar refractivity (Wildman–Crippen MR) is 90.6 cm³/mol. The summed E-state index contributed by atoms with van der Waals surface area (Å²) in [5.41, 5.74) is 3.30. The summed E-state index contributed by atoms with van der Waals surface area (Å²) in [6.07, 6.45) is 5.04. The van der Waals surface area contributed by atoms with Gasteiger partial charge in [0.25, 0.3) is 5.56 Å². The van der Waals surface area contributed by atoms with Crippen LogP contribution in [0.3, 0.4) is 0 Å². The molecule has 4 heteroatoms. The van der Waals surface area contributed by atoms with Crippen LogP contribution in [-0.4, -0.2) is 17.0 Å². The van der Waals surface area contributed by atoms with Gasteiger partial charge < -0.3 is 9.88 Å². The first-order valence-corrected chi connectivity index (χ1v) is 8.15. The van der Waals surface area contributed by atoms with Gasteiger partial charge in [-0.3, -0.25) is 9.59 Å². The van der Waals surface area contributed by atoms with E-state index < -0.39 is 0 Å². The third-order valence-electron chi connectivity index (χ3n) is 4.56. The Morgan fingerprint density at radius 2 is 2.09 bits per heavy atom. The largest absolute Gasteiger partial charge is 0.354 e. The van der Waals surface area contributed by atoms with Crippen molar-refractivity contribution in [3.05, 3.63) is 69.6 Å². The fourth-order valence-corrected chi connectivity index (χ4v) is 3.30. The number of pyridine rings is 1. The van der Waals surface area contributed by atoms with E-state index in [0.29, 0.717) is 18.0 Å². The minimum Gasteiger partial charge on any atom is -0.354 e. The third kappa shape index (κ3) is 3.52. The Bertz CT molecular complexity index is 764. The molecule has 0 bridgehead atoms. The minimum atomic E-state index is -0.110. The molecule has 1 aliphatic rings. The van der Waals surface area contributed by atoms with Crippen molar-refractivity contribution >= 4 is 5.91 Å². The van der Waals surface area contributed by atoms with Crippen molar-refractivity contribution in [3.63, 3.8) is 0 Å². The molecule has 1 heterocycles. The molecule has 0 spiro atoms. The summed E-state index contributed by atoms with van der Waals surface area (Å²) in [5.74, 6) is 0.263. The summed E-state index contributed by atoms with van der Waals surface area (Å²) in [4.78, 5) is 24.1. The van der Waals surface area contributed by atoms with Crippen molar-refractivity contribution in [2.24, 2.45) is 0 Å². The Morgan fingerprint density at radius 3 is 2.96 bits per heavy atom. The van der Waals surface area contributed by atoms with Crippen LogP contribution < -0.4 is 10.9 Å². The lowest BCUT2D eigenvalue weighted by atomic mass is 9.83. The molecule has 23 heavy (non-hydrogen) atoms. The highest BCUT2D eigenvalue weighted by atomic mass is 16.2. The SMILES string of the molecule is Cc1cccn(CC(=O)NC[C@@H]2CCCc3ccccc32)c1=O. The van der Waals surface area contributed by atoms with E-state index in [9.17, 15) is 9.59 Å². The topological polar surface area (TPSA) is 51.1 Å². The standard InChI is InChI=1S/C19H22N2O2/c1-14-6-5-11-21(19(14)23)13-18(22)20-12-16-9-4-8-15-7-2-3-10-17(15)16/h2-3,5-7,10-11,16H,4,8-9,12-13H2,1H3,(H,20,22)/t16-/m0/s1. The van der Waals surface area contributed by atoms with Crippen LogP contribution in [0.25, 0.3) is 0 Å². The van der Waals surface area contributed by atoms with E-state index in [4.69, 9.17) is 0 Å². The van der Waals surface area contributed by atoms with Crippen molar-refractivity contribution in [2.45, 2.75) is 38.6 Å². The number of nitrogens with one attached hydrogen (secondary N) is 1. The van der Waals surface area contributed by atoms with Gasteiger partial charge in [-0.1, -0.05) is 30.3 Å². The van der Waals surface area contributed by atoms with Crippen molar-refractivity contribution in [1.82, 2.24) is 9.88 Å². The third-order valence-corrected chi connectivity index (χ3v) is 4.56. The zero-order chi connectivity index (χ0) is 16.2. The lowest BCUT2D eigenvalue weighted by Gasteiger charge is -2.25. The number of aryl methyl sites for hydroxylation is 2. The van der Waals surface area contributed by atoms with Gasteiger partial charge in [-0.05, 0) is 43.4 Å². The summed E-state index contributed by atoms with van der Waals surface area (Å²) in [5, 5.41) is 2.99. The highest BCUT2D eigenvalue weighted by molar-refractivity contribution is 5.75. The highest BCUT2D eigenvalue weighted by Crippen LogP contribution is 2.30. The minimum absolute atomic E-state index is 0.0783. The maximum atomic E-state index is 12.2. The fraction of sp³-hybridized carbons (Fsp3) is 0.368. The number of amides is 1. The Morgan fingerprint density at radius 1 is 1.26 bits per heavy atom. The van der Waals surface area contributed by atoms with E-state index in [0.717, 1.165) is 19.3 Å². The number of carbonyl (C=O) groups is 1. The van der Waals surface area contributed by atoms with Gasteiger partial charge in [0.2, 0.25) is 5.91 Å². The molecule has 0 fully saturated rings. The molecule has 0 saturated carbocycles. The van der Waals surface area contributed by atoms with E-state index in [1.165, 1.54) is 15.7 Å². The van der Waals surface area contributed by atoms with Gasteiger partial charge >= 0.3 is 0 Å². The van der Waals surface area contributed by atoms with Crippen LogP contribution in [-0.2, 0) is 17.8 Å². The lowest BCUT2D eigenvalue weighted by molar-refractivity contribution is -0.121. The van der Waals surface area contributed by atoms with Crippen LogP contribution in [0.1, 0.15) is 35.4 Å². The molecule has 0 radical (unpaired) electrons.